The van der Waals surface area contributed by atoms with E-state index in [9.17, 15) is 0 Å². The van der Waals surface area contributed by atoms with Gasteiger partial charge in [-0.25, -0.2) is 0 Å². The van der Waals surface area contributed by atoms with Crippen LogP contribution in [0.15, 0.2) is 24.2 Å². The predicted octanol–water partition coefficient (Wildman–Crippen LogP) is 0.851. The molecule has 0 heterocycles. The summed E-state index contributed by atoms with van der Waals surface area (Å²) >= 11 is 0. The van der Waals surface area contributed by atoms with E-state index in [1.54, 1.807) is 0 Å². The van der Waals surface area contributed by atoms with Gasteiger partial charge in [0.1, 0.15) is 0 Å². The number of rotatable bonds is 2. The summed E-state index contributed by atoms with van der Waals surface area (Å²) in [6.07, 6.45) is 0. The molecule has 0 atom stereocenters. The molecule has 0 radical (unpaired) electrons. The van der Waals surface area contributed by atoms with Crippen LogP contribution in [0.2, 0.25) is 5.65 Å². The Balaban J connectivity index is 3.69. The van der Waals surface area contributed by atoms with Crippen molar-refractivity contribution in [2.75, 3.05) is 11.4 Å². The summed E-state index contributed by atoms with van der Waals surface area (Å²) in [6, 6.07) is -2.44. The van der Waals surface area contributed by atoms with Gasteiger partial charge >= 0.3 is 0 Å². The molecule has 4 N–H and O–H groups in total. The Morgan fingerprint density at radius 3 is 2.12 bits per heavy atom. The van der Waals surface area contributed by atoms with Crippen molar-refractivity contribution in [2.24, 2.45) is 0 Å². The van der Waals surface area contributed by atoms with Crippen LogP contribution in [-0.4, -0.2) is 0 Å². The lowest BCUT2D eigenvalue weighted by Crippen LogP contribution is -1.91. The Kier molecular flexibility index (Phi) is 0.229. The molecule has 0 aliphatic rings. The molecule has 0 fully saturated rings. The molecule has 0 spiro atoms. The molecule has 1 aromatic carbocycles. The third-order valence-corrected chi connectivity index (χ3v) is 0.649. The highest BCUT2D eigenvalue weighted by molar-refractivity contribution is 5.62. The highest BCUT2D eigenvalue weighted by Gasteiger charge is 1.85. The topological polar surface area (TPSA) is 52.0 Å². The smallest absolute Gasteiger partial charge is 0.156 e. The highest BCUT2D eigenvalue weighted by atomic mass is 14.7. The molecule has 1 aromatic rings. The normalized spacial score (nSPS) is 22.0. The van der Waals surface area contributed by atoms with E-state index in [2.05, 4.69) is 0 Å². The Labute approximate surface area is 59.6 Å². The van der Waals surface area contributed by atoms with Crippen molar-refractivity contribution in [2.45, 2.75) is 0 Å². The van der Waals surface area contributed by atoms with Crippen LogP contribution in [0.25, 0.3) is 0 Å². The van der Waals surface area contributed by atoms with Crippen molar-refractivity contribution in [1.29, 1.82) is 0 Å². The van der Waals surface area contributed by atoms with Gasteiger partial charge in [-0.1, -0.05) is 12.1 Å². The van der Waals surface area contributed by atoms with Gasteiger partial charge in [-0.3, -0.25) is 0 Å². The molecular weight excluding hydrogens is 100 g/mol. The number of hydrogen-bond donors (Lipinski definition) is 2. The van der Waals surface area contributed by atoms with Crippen LogP contribution in [0.5, 0.6) is 0 Å². The van der Waals surface area contributed by atoms with Crippen LogP contribution in [0.1, 0.15) is 5.48 Å². The van der Waals surface area contributed by atoms with Crippen molar-refractivity contribution in [3.05, 3.63) is 24.2 Å². The zero-order valence-electron chi connectivity index (χ0n) is 11.9. The van der Waals surface area contributed by atoms with E-state index in [0.29, 0.717) is 0 Å². The molecular formula is C6H8N2. The predicted molar refractivity (Wildman–Crippen MR) is 35.3 cm³/mol. The SMILES string of the molecule is [2H]c1c([2H])c([2H])c(N([2H])[2H])c(N([2H])[2H])c1[2H]. The average molecular weight is 116 g/mol. The fraction of sp³-hybridized carbons (Fsp3) is 0. The number of para-hydroxylation sites is 2. The molecule has 2 nitrogen and oxygen atoms in total. The summed E-state index contributed by atoms with van der Waals surface area (Å²) in [5, 5.41) is 0. The summed E-state index contributed by atoms with van der Waals surface area (Å²) in [6.45, 7) is 0. The van der Waals surface area contributed by atoms with Crippen molar-refractivity contribution in [1.82, 2.24) is 0 Å². The van der Waals surface area contributed by atoms with Gasteiger partial charge in [-0.05, 0) is 12.1 Å². The van der Waals surface area contributed by atoms with Gasteiger partial charge in [0.25, 0.3) is 0 Å². The van der Waals surface area contributed by atoms with Gasteiger partial charge in [0.05, 0.1) is 16.9 Å². The molecule has 2 heteroatoms. The fourth-order valence-electron chi connectivity index (χ4n) is 0.299. The van der Waals surface area contributed by atoms with Gasteiger partial charge < -0.3 is 11.4 Å². The molecule has 0 saturated carbocycles. The van der Waals surface area contributed by atoms with Crippen molar-refractivity contribution in [3.8, 4) is 0 Å². The van der Waals surface area contributed by atoms with Gasteiger partial charge in [0.15, 0.2) is 5.65 Å². The molecule has 8 heavy (non-hydrogen) atoms. The van der Waals surface area contributed by atoms with Gasteiger partial charge in [-0.2, -0.15) is 0 Å². The Bertz CT molecular complexity index is 379. The van der Waals surface area contributed by atoms with E-state index >= 15 is 0 Å². The van der Waals surface area contributed by atoms with Crippen molar-refractivity contribution < 1.29 is 11.1 Å². The maximum Gasteiger partial charge on any atom is 0.156 e. The van der Waals surface area contributed by atoms with Crippen LogP contribution in [0, 0.1) is 0 Å². The number of hydrogen-bond acceptors (Lipinski definition) is 2. The van der Waals surface area contributed by atoms with Gasteiger partial charge in [-0.15, -0.1) is 0 Å². The molecule has 0 unspecified atom stereocenters. The summed E-state index contributed by atoms with van der Waals surface area (Å²) in [5.41, 5.74) is -1.14. The first-order valence-corrected chi connectivity index (χ1v) is 1.95. The van der Waals surface area contributed by atoms with Crippen LogP contribution in [0.3, 0.4) is 0 Å². The van der Waals surface area contributed by atoms with E-state index in [4.69, 9.17) is 11.1 Å². The molecule has 0 aliphatic carbocycles. The molecule has 0 saturated heterocycles. The third kappa shape index (κ3) is 0.729. The maximum absolute atomic E-state index is 7.43. The van der Waals surface area contributed by atoms with Gasteiger partial charge in [0.2, 0.25) is 0 Å². The highest BCUT2D eigenvalue weighted by Crippen LogP contribution is 2.10. The number of nitrogen functional groups attached to an aromatic ring is 2. The Morgan fingerprint density at radius 1 is 1.25 bits per heavy atom. The first-order chi connectivity index (χ1) is 7.29. The molecule has 42 valence electrons. The standard InChI is InChI=1S/C6H8N2/c7-5-3-1-2-4-6(5)8/h1-4H,7-8H2/i1D,2D,3D,4D/hD4. The fourth-order valence-corrected chi connectivity index (χ4v) is 0.299. The zero-order valence-corrected chi connectivity index (χ0v) is 3.89. The largest absolute Gasteiger partial charge is 0.397 e. The summed E-state index contributed by atoms with van der Waals surface area (Å²) in [7, 11) is 0. The Morgan fingerprint density at radius 2 is 1.75 bits per heavy atom. The van der Waals surface area contributed by atoms with Crippen LogP contribution >= 0.6 is 0 Å². The lowest BCUT2D eigenvalue weighted by atomic mass is 10.3. The number of nitrogens with two attached hydrogens (primary N) is 2. The maximum atomic E-state index is 7.43. The number of benzene rings is 1. The minimum absolute atomic E-state index is 0.0384. The second kappa shape index (κ2) is 1.74. The molecule has 0 amide bonds. The molecule has 0 aliphatic heterocycles. The molecule has 1 rings (SSSR count). The monoisotopic (exact) mass is 116 g/mol. The first kappa shape index (κ1) is 1.05. The minimum Gasteiger partial charge on any atom is -0.397 e. The van der Waals surface area contributed by atoms with E-state index in [0.717, 1.165) is 0 Å². The second-order valence-electron chi connectivity index (χ2n) is 1.20. The zero-order chi connectivity index (χ0) is 12.6. The van der Waals surface area contributed by atoms with Gasteiger partial charge in [0, 0.05) is 0 Å². The van der Waals surface area contributed by atoms with Crippen LogP contribution in [-0.2, 0) is 0 Å². The minimum atomic E-state index is -0.620. The summed E-state index contributed by atoms with van der Waals surface area (Å²) in [4.78, 5) is 0. The van der Waals surface area contributed by atoms with Crippen molar-refractivity contribution in [3.63, 3.8) is 0 Å². The number of anilines is 2. The lowest BCUT2D eigenvalue weighted by molar-refractivity contribution is 1.67. The Hall–Kier alpha value is -1.18. The quantitative estimate of drug-likeness (QED) is 0.563. The molecule has 0 aromatic heterocycles. The first-order valence-electron chi connectivity index (χ1n) is 5.74. The van der Waals surface area contributed by atoms with E-state index < -0.39 is 35.5 Å². The van der Waals surface area contributed by atoms with Crippen LogP contribution in [0.4, 0.5) is 11.4 Å². The average Bonchev–Trinajstić information content (AvgIpc) is 2.18. The third-order valence-electron chi connectivity index (χ3n) is 0.649. The lowest BCUT2D eigenvalue weighted by Gasteiger charge is -1.94. The van der Waals surface area contributed by atoms with E-state index in [-0.39, 0.29) is 11.4 Å². The summed E-state index contributed by atoms with van der Waals surface area (Å²) < 4.78 is 57.6. The molecule has 0 bridgehead atoms. The van der Waals surface area contributed by atoms with E-state index in [1.165, 1.54) is 0 Å². The summed E-state index contributed by atoms with van der Waals surface area (Å²) in [5.74, 6) is 0. The van der Waals surface area contributed by atoms with Crippen LogP contribution < -0.4 is 11.4 Å². The second-order valence-corrected chi connectivity index (χ2v) is 1.20. The van der Waals surface area contributed by atoms with E-state index in [1.807, 2.05) is 0 Å². The van der Waals surface area contributed by atoms with Crippen molar-refractivity contribution >= 4 is 11.4 Å².